The molecule has 0 saturated carbocycles. The molecule has 0 fully saturated rings. The quantitative estimate of drug-likeness (QED) is 0.608. The fourth-order valence-corrected chi connectivity index (χ4v) is 1.59. The molecule has 0 atom stereocenters. The van der Waals surface area contributed by atoms with Gasteiger partial charge in [0.2, 0.25) is 0 Å². The Morgan fingerprint density at radius 3 is 3.13 bits per heavy atom. The predicted molar refractivity (Wildman–Crippen MR) is 57.6 cm³/mol. The lowest BCUT2D eigenvalue weighted by molar-refractivity contribution is 0.0695. The summed E-state index contributed by atoms with van der Waals surface area (Å²) in [6.45, 7) is 0. The molecule has 5 heteroatoms. The molecule has 0 unspecified atom stereocenters. The highest BCUT2D eigenvalue weighted by Crippen LogP contribution is 2.11. The molecule has 0 aromatic carbocycles. The molecule has 78 valence electrons. The Bertz CT molecular complexity index is 387. The second-order valence-corrected chi connectivity index (χ2v) is 3.76. The number of aromatic carboxylic acids is 1. The average molecular weight is 222 g/mol. The number of rotatable bonds is 5. The highest BCUT2D eigenvalue weighted by Gasteiger charge is 2.08. The van der Waals surface area contributed by atoms with Crippen LogP contribution in [0, 0.1) is 10.7 Å². The first-order valence-corrected chi connectivity index (χ1v) is 5.41. The molecule has 15 heavy (non-hydrogen) atoms. The largest absolute Gasteiger partial charge is 0.478 e. The molecule has 0 spiro atoms. The predicted octanol–water partition coefficient (Wildman–Crippen LogP) is 1.93. The van der Waals surface area contributed by atoms with E-state index in [4.69, 9.17) is 10.4 Å². The number of pyridine rings is 1. The van der Waals surface area contributed by atoms with Crippen LogP contribution in [0.1, 0.15) is 22.3 Å². The second kappa shape index (κ2) is 6.04. The van der Waals surface area contributed by atoms with Crippen LogP contribution in [0.15, 0.2) is 18.5 Å². The van der Waals surface area contributed by atoms with Crippen molar-refractivity contribution in [2.24, 2.45) is 0 Å². The zero-order valence-corrected chi connectivity index (χ0v) is 8.83. The van der Waals surface area contributed by atoms with Gasteiger partial charge in [-0.05, 0) is 36.2 Å². The smallest absolute Gasteiger partial charge is 0.337 e. The molecule has 0 aliphatic carbocycles. The maximum Gasteiger partial charge on any atom is 0.337 e. The molecule has 4 nitrogen and oxygen atoms in total. The first kappa shape index (κ1) is 11.5. The minimum absolute atomic E-state index is 0.249. The number of thioether (sulfide) groups is 1. The SMILES string of the molecule is N#CSCCCc1ccncc1C(=O)O. The number of hydrogen-bond acceptors (Lipinski definition) is 4. The van der Waals surface area contributed by atoms with E-state index in [1.54, 1.807) is 12.3 Å². The van der Waals surface area contributed by atoms with E-state index in [0.717, 1.165) is 17.7 Å². The molecule has 0 saturated heterocycles. The van der Waals surface area contributed by atoms with Crippen molar-refractivity contribution in [2.75, 3.05) is 5.75 Å². The van der Waals surface area contributed by atoms with Gasteiger partial charge in [-0.25, -0.2) is 4.79 Å². The Hall–Kier alpha value is -1.54. The van der Waals surface area contributed by atoms with Crippen LogP contribution in [0.5, 0.6) is 0 Å². The standard InChI is InChI=1S/C10H10N2O2S/c11-7-15-5-1-2-8-3-4-12-6-9(8)10(13)14/h3-4,6H,1-2,5H2,(H,13,14). The minimum atomic E-state index is -0.953. The van der Waals surface area contributed by atoms with E-state index in [9.17, 15) is 4.79 Å². The average Bonchev–Trinajstić information content (AvgIpc) is 2.25. The van der Waals surface area contributed by atoms with Crippen LogP contribution in [0.3, 0.4) is 0 Å². The molecule has 0 aliphatic rings. The number of carboxylic acids is 1. The van der Waals surface area contributed by atoms with E-state index in [1.807, 2.05) is 5.40 Å². The number of nitriles is 1. The fourth-order valence-electron chi connectivity index (χ4n) is 1.21. The molecule has 1 rings (SSSR count). The van der Waals surface area contributed by atoms with Gasteiger partial charge < -0.3 is 5.11 Å². The Morgan fingerprint density at radius 2 is 2.47 bits per heavy atom. The summed E-state index contributed by atoms with van der Waals surface area (Å²) in [5.41, 5.74) is 1.02. The van der Waals surface area contributed by atoms with Crippen molar-refractivity contribution < 1.29 is 9.90 Å². The number of hydrogen-bond donors (Lipinski definition) is 1. The third-order valence-electron chi connectivity index (χ3n) is 1.90. The van der Waals surface area contributed by atoms with Gasteiger partial charge in [0.25, 0.3) is 0 Å². The number of nitrogens with zero attached hydrogens (tertiary/aromatic N) is 2. The lowest BCUT2D eigenvalue weighted by Gasteiger charge is -2.03. The summed E-state index contributed by atoms with van der Waals surface area (Å²) in [6.07, 6.45) is 4.40. The first-order valence-electron chi connectivity index (χ1n) is 4.42. The minimum Gasteiger partial charge on any atom is -0.478 e. The maximum absolute atomic E-state index is 10.8. The molecule has 0 amide bonds. The van der Waals surface area contributed by atoms with E-state index in [1.165, 1.54) is 18.0 Å². The monoisotopic (exact) mass is 222 g/mol. The van der Waals surface area contributed by atoms with Gasteiger partial charge in [0, 0.05) is 18.1 Å². The van der Waals surface area contributed by atoms with Gasteiger partial charge in [-0.3, -0.25) is 4.98 Å². The summed E-state index contributed by atoms with van der Waals surface area (Å²) in [6, 6.07) is 1.71. The molecule has 0 aliphatic heterocycles. The van der Waals surface area contributed by atoms with Crippen molar-refractivity contribution >= 4 is 17.7 Å². The number of carboxylic acid groups (broad SMARTS) is 1. The van der Waals surface area contributed by atoms with Crippen LogP contribution >= 0.6 is 11.8 Å². The highest BCUT2D eigenvalue weighted by atomic mass is 32.2. The molecular weight excluding hydrogens is 212 g/mol. The second-order valence-electron chi connectivity index (χ2n) is 2.88. The Balaban J connectivity index is 2.60. The zero-order chi connectivity index (χ0) is 11.1. The van der Waals surface area contributed by atoms with E-state index in [0.29, 0.717) is 6.42 Å². The van der Waals surface area contributed by atoms with Crippen LogP contribution in [0.2, 0.25) is 0 Å². The summed E-state index contributed by atoms with van der Waals surface area (Å²) in [5, 5.41) is 19.2. The summed E-state index contributed by atoms with van der Waals surface area (Å²) in [5.74, 6) is -0.233. The van der Waals surface area contributed by atoms with Crippen LogP contribution in [0.25, 0.3) is 0 Å². The normalized spacial score (nSPS) is 9.53. The van der Waals surface area contributed by atoms with E-state index >= 15 is 0 Å². The van der Waals surface area contributed by atoms with Gasteiger partial charge in [-0.1, -0.05) is 0 Å². The van der Waals surface area contributed by atoms with Crippen molar-refractivity contribution in [3.05, 3.63) is 29.6 Å². The lowest BCUT2D eigenvalue weighted by Crippen LogP contribution is -2.03. The molecule has 0 bridgehead atoms. The van der Waals surface area contributed by atoms with E-state index in [2.05, 4.69) is 4.98 Å². The highest BCUT2D eigenvalue weighted by molar-refractivity contribution is 8.03. The summed E-state index contributed by atoms with van der Waals surface area (Å²) >= 11 is 1.18. The number of aromatic nitrogens is 1. The van der Waals surface area contributed by atoms with Gasteiger partial charge in [-0.2, -0.15) is 5.26 Å². The molecule has 1 N–H and O–H groups in total. The third kappa shape index (κ3) is 3.60. The van der Waals surface area contributed by atoms with Crippen molar-refractivity contribution in [1.29, 1.82) is 5.26 Å². The summed E-state index contributed by atoms with van der Waals surface area (Å²) in [7, 11) is 0. The van der Waals surface area contributed by atoms with Crippen LogP contribution in [-0.4, -0.2) is 21.8 Å². The lowest BCUT2D eigenvalue weighted by atomic mass is 10.1. The maximum atomic E-state index is 10.8. The topological polar surface area (TPSA) is 74.0 Å². The van der Waals surface area contributed by atoms with Crippen LogP contribution in [0.4, 0.5) is 0 Å². The molecule has 1 aromatic heterocycles. The van der Waals surface area contributed by atoms with Crippen molar-refractivity contribution in [1.82, 2.24) is 4.98 Å². The first-order chi connectivity index (χ1) is 7.25. The molecule has 1 aromatic rings. The Kier molecular flexibility index (Phi) is 4.64. The number of thiocyanates is 1. The third-order valence-corrected chi connectivity index (χ3v) is 2.52. The van der Waals surface area contributed by atoms with E-state index < -0.39 is 5.97 Å². The van der Waals surface area contributed by atoms with Gasteiger partial charge in [0.1, 0.15) is 5.40 Å². The summed E-state index contributed by atoms with van der Waals surface area (Å²) in [4.78, 5) is 14.6. The molecule has 0 radical (unpaired) electrons. The van der Waals surface area contributed by atoms with E-state index in [-0.39, 0.29) is 5.56 Å². The van der Waals surface area contributed by atoms with Crippen LogP contribution < -0.4 is 0 Å². The zero-order valence-electron chi connectivity index (χ0n) is 8.01. The number of aryl methyl sites for hydroxylation is 1. The Morgan fingerprint density at radius 1 is 1.67 bits per heavy atom. The van der Waals surface area contributed by atoms with Gasteiger partial charge in [-0.15, -0.1) is 0 Å². The van der Waals surface area contributed by atoms with Crippen molar-refractivity contribution in [2.45, 2.75) is 12.8 Å². The number of carbonyl (C=O) groups is 1. The van der Waals surface area contributed by atoms with Crippen molar-refractivity contribution in [3.8, 4) is 5.40 Å². The van der Waals surface area contributed by atoms with Gasteiger partial charge >= 0.3 is 5.97 Å². The Labute approximate surface area is 91.9 Å². The van der Waals surface area contributed by atoms with Crippen molar-refractivity contribution in [3.63, 3.8) is 0 Å². The van der Waals surface area contributed by atoms with Gasteiger partial charge in [0.15, 0.2) is 0 Å². The summed E-state index contributed by atoms with van der Waals surface area (Å²) < 4.78 is 0. The molecular formula is C10H10N2O2S. The fraction of sp³-hybridized carbons (Fsp3) is 0.300. The molecule has 1 heterocycles. The van der Waals surface area contributed by atoms with Gasteiger partial charge in [0.05, 0.1) is 5.56 Å². The van der Waals surface area contributed by atoms with Crippen LogP contribution in [-0.2, 0) is 6.42 Å².